The largest absolute Gasteiger partial charge is 0.755 e. The molecule has 3 aromatic rings. The van der Waals surface area contributed by atoms with E-state index in [2.05, 4.69) is 31.4 Å². The molecule has 1 saturated heterocycles. The Morgan fingerprint density at radius 2 is 2.11 bits per heavy atom. The molecule has 37 heavy (non-hydrogen) atoms. The van der Waals surface area contributed by atoms with E-state index in [4.69, 9.17) is 14.0 Å². The average molecular weight is 620 g/mol. The van der Waals surface area contributed by atoms with Gasteiger partial charge in [-0.1, -0.05) is 16.9 Å². The van der Waals surface area contributed by atoms with Crippen LogP contribution < -0.4 is 5.76 Å². The molecule has 13 nitrogen and oxygen atoms in total. The van der Waals surface area contributed by atoms with Crippen molar-refractivity contribution in [1.29, 1.82) is 0 Å². The Labute approximate surface area is 224 Å². The number of aromatic nitrogens is 4. The number of carbonyl (C=O) groups is 1. The molecule has 1 aromatic carbocycles. The van der Waals surface area contributed by atoms with Crippen molar-refractivity contribution >= 4 is 45.1 Å². The first kappa shape index (κ1) is 27.4. The number of hydrogen-bond acceptors (Lipinski definition) is 12. The maximum atomic E-state index is 13.7. The maximum Gasteiger partial charge on any atom is 0.446 e. The minimum absolute atomic E-state index is 0.00472. The first-order chi connectivity index (χ1) is 17.5. The third kappa shape index (κ3) is 6.11. The van der Waals surface area contributed by atoms with Gasteiger partial charge in [0.15, 0.2) is 10.7 Å². The number of thioether (sulfide) groups is 1. The van der Waals surface area contributed by atoms with Crippen LogP contribution in [0.1, 0.15) is 33.6 Å². The van der Waals surface area contributed by atoms with E-state index in [-0.39, 0.29) is 33.5 Å². The van der Waals surface area contributed by atoms with Crippen LogP contribution in [0.2, 0.25) is 0 Å². The highest BCUT2D eigenvalue weighted by molar-refractivity contribution is 9.10. The highest BCUT2D eigenvalue weighted by Crippen LogP contribution is 2.34. The fraction of sp³-hybridized carbons (Fsp3) is 0.450. The third-order valence-corrected chi connectivity index (χ3v) is 8.00. The molecule has 0 bridgehead atoms. The zero-order valence-electron chi connectivity index (χ0n) is 19.8. The molecule has 1 amide bonds. The second kappa shape index (κ2) is 11.0. The van der Waals surface area contributed by atoms with Gasteiger partial charge in [0.2, 0.25) is 5.82 Å². The van der Waals surface area contributed by atoms with E-state index in [1.807, 2.05) is 0 Å². The van der Waals surface area contributed by atoms with E-state index < -0.39 is 34.5 Å². The van der Waals surface area contributed by atoms with Crippen molar-refractivity contribution in [3.8, 4) is 17.2 Å². The Morgan fingerprint density at radius 1 is 1.35 bits per heavy atom. The van der Waals surface area contributed by atoms with Crippen molar-refractivity contribution in [1.82, 2.24) is 29.4 Å². The van der Waals surface area contributed by atoms with E-state index in [9.17, 15) is 22.7 Å². The molecule has 0 aliphatic carbocycles. The van der Waals surface area contributed by atoms with Crippen LogP contribution in [0, 0.1) is 5.82 Å². The molecule has 2 atom stereocenters. The molecule has 1 aliphatic heterocycles. The maximum absolute atomic E-state index is 13.7. The number of piperidine rings is 1. The van der Waals surface area contributed by atoms with Gasteiger partial charge in [-0.25, -0.2) is 27.5 Å². The van der Waals surface area contributed by atoms with Crippen molar-refractivity contribution in [2.24, 2.45) is 0 Å². The molecule has 3 heterocycles. The lowest BCUT2D eigenvalue weighted by molar-refractivity contribution is -0.119. The zero-order chi connectivity index (χ0) is 26.9. The number of rotatable bonds is 6. The Morgan fingerprint density at radius 3 is 2.78 bits per heavy atom. The summed E-state index contributed by atoms with van der Waals surface area (Å²) in [7, 11) is 0. The minimum atomic E-state index is -2.81. The molecular formula is C20H21BrFN6O7S2-. The number of carbonyl (C=O) groups excluding carboxylic acids is 1. The van der Waals surface area contributed by atoms with E-state index in [0.29, 0.717) is 22.3 Å². The van der Waals surface area contributed by atoms with Crippen molar-refractivity contribution < 1.29 is 31.9 Å². The Bertz CT molecular complexity index is 1370. The summed E-state index contributed by atoms with van der Waals surface area (Å²) in [6, 6.07) is 3.95. The molecule has 0 radical (unpaired) electrons. The van der Waals surface area contributed by atoms with Crippen molar-refractivity contribution in [2.75, 3.05) is 13.1 Å². The van der Waals surface area contributed by atoms with Crippen LogP contribution in [0.15, 0.2) is 41.6 Å². The third-order valence-electron chi connectivity index (χ3n) is 5.19. The molecule has 17 heteroatoms. The lowest BCUT2D eigenvalue weighted by atomic mass is 10.1. The zero-order valence-corrected chi connectivity index (χ0v) is 23.0. The minimum Gasteiger partial charge on any atom is -0.755 e. The number of amides is 1. The molecular weight excluding hydrogens is 599 g/mol. The van der Waals surface area contributed by atoms with Crippen LogP contribution >= 0.6 is 27.7 Å². The summed E-state index contributed by atoms with van der Waals surface area (Å²) in [4.78, 5) is 30.3. The number of benzene rings is 1. The van der Waals surface area contributed by atoms with Crippen molar-refractivity contribution in [2.45, 2.75) is 49.4 Å². The summed E-state index contributed by atoms with van der Waals surface area (Å²) in [5.41, 5.74) is -0.586. The van der Waals surface area contributed by atoms with Gasteiger partial charge in [-0.15, -0.1) is 5.06 Å². The van der Waals surface area contributed by atoms with Gasteiger partial charge in [-0.2, -0.15) is 0 Å². The van der Waals surface area contributed by atoms with Gasteiger partial charge in [0.05, 0.1) is 27.0 Å². The van der Waals surface area contributed by atoms with Crippen LogP contribution in [0.4, 0.5) is 9.18 Å². The van der Waals surface area contributed by atoms with Crippen LogP contribution in [0.3, 0.4) is 0 Å². The van der Waals surface area contributed by atoms with Gasteiger partial charge in [0.1, 0.15) is 5.82 Å². The molecule has 0 N–H and O–H groups in total. The van der Waals surface area contributed by atoms with Gasteiger partial charge < -0.3 is 9.39 Å². The van der Waals surface area contributed by atoms with Gasteiger partial charge in [0, 0.05) is 18.3 Å². The molecule has 2 aromatic heterocycles. The van der Waals surface area contributed by atoms with E-state index in [0.717, 1.165) is 11.0 Å². The fourth-order valence-electron chi connectivity index (χ4n) is 3.59. The van der Waals surface area contributed by atoms with Crippen LogP contribution in [0.25, 0.3) is 17.2 Å². The predicted octanol–water partition coefficient (Wildman–Crippen LogP) is 3.28. The summed E-state index contributed by atoms with van der Waals surface area (Å²) in [5, 5.41) is 13.2. The topological polar surface area (TPSA) is 160 Å². The summed E-state index contributed by atoms with van der Waals surface area (Å²) < 4.78 is 48.4. The summed E-state index contributed by atoms with van der Waals surface area (Å²) >= 11 is 1.54. The second-order valence-corrected chi connectivity index (χ2v) is 11.9. The number of hydrogen-bond donors (Lipinski definition) is 0. The molecule has 1 fully saturated rings. The highest BCUT2D eigenvalue weighted by atomic mass is 79.9. The van der Waals surface area contributed by atoms with E-state index in [1.54, 1.807) is 20.8 Å². The summed E-state index contributed by atoms with van der Waals surface area (Å²) in [6.07, 6.45) is 0.366. The van der Waals surface area contributed by atoms with Crippen LogP contribution in [-0.4, -0.2) is 68.1 Å². The fourth-order valence-corrected chi connectivity index (χ4v) is 5.72. The van der Waals surface area contributed by atoms with Crippen LogP contribution in [-0.2, 0) is 16.1 Å². The molecule has 0 saturated carbocycles. The van der Waals surface area contributed by atoms with E-state index in [1.165, 1.54) is 35.0 Å². The lowest BCUT2D eigenvalue weighted by Gasteiger charge is -2.37. The SMILES string of the molecule is CC(C)(C)N(C(=O)ON1CCC[C@@H](Sc2nonc2-c2noc(=O)n2-c2ccc(F)c(Br)c2)C1)S(=O)[O-]. The average Bonchev–Trinajstić information content (AvgIpc) is 3.40. The van der Waals surface area contributed by atoms with Crippen molar-refractivity contribution in [3.63, 3.8) is 0 Å². The number of hydroxylamine groups is 2. The summed E-state index contributed by atoms with van der Waals surface area (Å²) in [6.45, 7) is 5.41. The van der Waals surface area contributed by atoms with Gasteiger partial charge >= 0.3 is 11.8 Å². The molecule has 4 rings (SSSR count). The predicted molar refractivity (Wildman–Crippen MR) is 130 cm³/mol. The van der Waals surface area contributed by atoms with Gasteiger partial charge in [0.25, 0.3) is 0 Å². The quantitative estimate of drug-likeness (QED) is 0.371. The Balaban J connectivity index is 1.52. The lowest BCUT2D eigenvalue weighted by Crippen LogP contribution is -2.50. The first-order valence-electron chi connectivity index (χ1n) is 10.9. The number of halogens is 2. The van der Waals surface area contributed by atoms with Crippen LogP contribution in [0.5, 0.6) is 0 Å². The smallest absolute Gasteiger partial charge is 0.446 e. The molecule has 1 aliphatic rings. The molecule has 1 unspecified atom stereocenters. The molecule has 200 valence electrons. The first-order valence-corrected chi connectivity index (χ1v) is 13.6. The highest BCUT2D eigenvalue weighted by Gasteiger charge is 2.33. The Hall–Kier alpha value is -2.60. The monoisotopic (exact) mass is 619 g/mol. The normalized spacial score (nSPS) is 17.5. The number of nitrogens with zero attached hydrogens (tertiary/aromatic N) is 6. The summed E-state index contributed by atoms with van der Waals surface area (Å²) in [5.74, 6) is -1.32. The standard InChI is InChI=1S/C20H22BrFN6O7S2/c1-20(2,3)28(37(31)32)19(30)34-26-8-4-5-12(10-26)36-17-15(23-35-25-17)16-24-33-18(29)27(16)11-6-7-14(22)13(21)9-11/h6-7,9,12H,4-5,8,10H2,1-3H3,(H,31,32)/p-1/t12-/m1/s1. The van der Waals surface area contributed by atoms with Crippen molar-refractivity contribution in [3.05, 3.63) is 39.0 Å². The Kier molecular flexibility index (Phi) is 8.17. The molecule has 0 spiro atoms. The second-order valence-electron chi connectivity index (χ2n) is 8.93. The van der Waals surface area contributed by atoms with E-state index >= 15 is 0 Å². The van der Waals surface area contributed by atoms with Gasteiger partial charge in [-0.3, -0.25) is 8.73 Å². The van der Waals surface area contributed by atoms with Gasteiger partial charge in [-0.05, 0) is 78.1 Å².